The fourth-order valence-electron chi connectivity index (χ4n) is 1.39. The largest absolute Gasteiger partial charge is 0.364 e. The third-order valence-corrected chi connectivity index (χ3v) is 2.23. The Hall–Kier alpha value is -2.44. The molecule has 0 atom stereocenters. The van der Waals surface area contributed by atoms with Crippen LogP contribution in [0, 0.1) is 6.92 Å². The number of rotatable bonds is 4. The summed E-state index contributed by atoms with van der Waals surface area (Å²) in [5, 5.41) is 9.20. The first-order valence-corrected chi connectivity index (χ1v) is 5.40. The van der Waals surface area contributed by atoms with Gasteiger partial charge in [0.05, 0.1) is 6.54 Å². The predicted octanol–water partition coefficient (Wildman–Crippen LogP) is 0.745. The molecule has 0 unspecified atom stereocenters. The van der Waals surface area contributed by atoms with Crippen molar-refractivity contribution in [1.82, 2.24) is 20.4 Å². The van der Waals surface area contributed by atoms with Gasteiger partial charge in [0.25, 0.3) is 5.91 Å². The van der Waals surface area contributed by atoms with Crippen LogP contribution in [-0.2, 0) is 6.54 Å². The van der Waals surface area contributed by atoms with Crippen molar-refractivity contribution in [2.24, 2.45) is 0 Å². The molecule has 2 aromatic rings. The van der Waals surface area contributed by atoms with E-state index in [2.05, 4.69) is 30.3 Å². The van der Waals surface area contributed by atoms with E-state index in [1.807, 2.05) is 0 Å². The Morgan fingerprint density at radius 1 is 1.44 bits per heavy atom. The lowest BCUT2D eigenvalue weighted by Gasteiger charge is -2.05. The van der Waals surface area contributed by atoms with E-state index in [1.54, 1.807) is 26.1 Å². The van der Waals surface area contributed by atoms with Crippen LogP contribution < -0.4 is 10.6 Å². The van der Waals surface area contributed by atoms with Crippen LogP contribution in [0.1, 0.15) is 21.9 Å². The van der Waals surface area contributed by atoms with Gasteiger partial charge in [0.15, 0.2) is 0 Å². The number of amides is 1. The molecule has 2 N–H and O–H groups in total. The molecule has 2 aromatic heterocycles. The van der Waals surface area contributed by atoms with Crippen LogP contribution in [0.5, 0.6) is 0 Å². The van der Waals surface area contributed by atoms with Crippen LogP contribution in [0.25, 0.3) is 0 Å². The van der Waals surface area contributed by atoms with Gasteiger partial charge in [-0.25, -0.2) is 9.97 Å². The summed E-state index contributed by atoms with van der Waals surface area (Å²) >= 11 is 0. The number of carbonyl (C=O) groups is 1. The first-order valence-electron chi connectivity index (χ1n) is 5.40. The maximum absolute atomic E-state index is 11.9. The van der Waals surface area contributed by atoms with Crippen LogP contribution in [-0.4, -0.2) is 28.1 Å². The Morgan fingerprint density at radius 3 is 2.94 bits per heavy atom. The maximum Gasteiger partial charge on any atom is 0.270 e. The fraction of sp³-hybridized carbons (Fsp3) is 0.273. The molecule has 0 saturated heterocycles. The molecule has 18 heavy (non-hydrogen) atoms. The zero-order chi connectivity index (χ0) is 13.0. The van der Waals surface area contributed by atoms with E-state index in [-0.39, 0.29) is 5.91 Å². The first kappa shape index (κ1) is 12.0. The summed E-state index contributed by atoms with van der Waals surface area (Å²) in [6.45, 7) is 2.10. The Balaban J connectivity index is 2.06. The molecule has 0 bridgehead atoms. The highest BCUT2D eigenvalue weighted by Gasteiger charge is 2.10. The van der Waals surface area contributed by atoms with Crippen molar-refractivity contribution in [2.75, 3.05) is 12.4 Å². The van der Waals surface area contributed by atoms with Crippen LogP contribution in [0.3, 0.4) is 0 Å². The van der Waals surface area contributed by atoms with Crippen molar-refractivity contribution in [3.8, 4) is 0 Å². The average molecular weight is 247 g/mol. The molecule has 2 heterocycles. The number of carbonyl (C=O) groups excluding carboxylic acids is 1. The lowest BCUT2D eigenvalue weighted by atomic mass is 10.3. The number of nitrogens with one attached hydrogen (secondary N) is 2. The van der Waals surface area contributed by atoms with E-state index in [1.165, 1.54) is 6.26 Å². The molecule has 7 nitrogen and oxygen atoms in total. The Kier molecular flexibility index (Phi) is 3.52. The number of hydrogen-bond donors (Lipinski definition) is 2. The molecule has 0 fully saturated rings. The Bertz CT molecular complexity index is 538. The summed E-state index contributed by atoms with van der Waals surface area (Å²) in [4.78, 5) is 20.1. The monoisotopic (exact) mass is 247 g/mol. The lowest BCUT2D eigenvalue weighted by Crippen LogP contribution is -2.24. The zero-order valence-electron chi connectivity index (χ0n) is 10.1. The minimum atomic E-state index is -0.278. The molecule has 0 aliphatic carbocycles. The van der Waals surface area contributed by atoms with Crippen molar-refractivity contribution in [3.05, 3.63) is 35.5 Å². The second-order valence-electron chi connectivity index (χ2n) is 3.64. The van der Waals surface area contributed by atoms with E-state index < -0.39 is 0 Å². The second kappa shape index (κ2) is 5.26. The summed E-state index contributed by atoms with van der Waals surface area (Å²) in [5.74, 6) is 0.140. The van der Waals surface area contributed by atoms with Gasteiger partial charge in [-0.15, -0.1) is 0 Å². The Labute approximate surface area is 104 Å². The molecular formula is C11H13N5O2. The number of aryl methyl sites for hydroxylation is 1. The summed E-state index contributed by atoms with van der Waals surface area (Å²) in [6.07, 6.45) is 1.45. The van der Waals surface area contributed by atoms with Gasteiger partial charge in [-0.1, -0.05) is 5.16 Å². The summed E-state index contributed by atoms with van der Waals surface area (Å²) in [6, 6.07) is 3.31. The molecule has 0 aromatic carbocycles. The molecule has 94 valence electrons. The SMILES string of the molecule is CNc1nc(C)cc(C(=O)NCc2ccon2)n1. The minimum Gasteiger partial charge on any atom is -0.364 e. The van der Waals surface area contributed by atoms with E-state index in [0.717, 1.165) is 5.69 Å². The average Bonchev–Trinajstić information content (AvgIpc) is 2.88. The van der Waals surface area contributed by atoms with Gasteiger partial charge in [0, 0.05) is 18.8 Å². The van der Waals surface area contributed by atoms with E-state index in [9.17, 15) is 4.79 Å². The summed E-state index contributed by atoms with van der Waals surface area (Å²) in [7, 11) is 1.70. The van der Waals surface area contributed by atoms with Gasteiger partial charge in [-0.2, -0.15) is 0 Å². The van der Waals surface area contributed by atoms with E-state index in [4.69, 9.17) is 0 Å². The first-order chi connectivity index (χ1) is 8.69. The molecule has 7 heteroatoms. The van der Waals surface area contributed by atoms with Crippen molar-refractivity contribution < 1.29 is 9.32 Å². The van der Waals surface area contributed by atoms with Crippen molar-refractivity contribution in [3.63, 3.8) is 0 Å². The van der Waals surface area contributed by atoms with Crippen molar-refractivity contribution in [1.29, 1.82) is 0 Å². The highest BCUT2D eigenvalue weighted by molar-refractivity contribution is 5.92. The normalized spacial score (nSPS) is 10.1. The topological polar surface area (TPSA) is 92.9 Å². The van der Waals surface area contributed by atoms with Crippen molar-refractivity contribution >= 4 is 11.9 Å². The van der Waals surface area contributed by atoms with Gasteiger partial charge in [0.1, 0.15) is 17.7 Å². The zero-order valence-corrected chi connectivity index (χ0v) is 10.1. The third-order valence-electron chi connectivity index (χ3n) is 2.23. The highest BCUT2D eigenvalue weighted by atomic mass is 16.5. The molecular weight excluding hydrogens is 234 g/mol. The number of nitrogens with zero attached hydrogens (tertiary/aromatic N) is 3. The van der Waals surface area contributed by atoms with Crippen LogP contribution in [0.15, 0.2) is 22.9 Å². The number of anilines is 1. The second-order valence-corrected chi connectivity index (χ2v) is 3.64. The molecule has 0 saturated carbocycles. The maximum atomic E-state index is 11.9. The Morgan fingerprint density at radius 2 is 2.28 bits per heavy atom. The van der Waals surface area contributed by atoms with Crippen LogP contribution in [0.4, 0.5) is 5.95 Å². The lowest BCUT2D eigenvalue weighted by molar-refractivity contribution is 0.0945. The molecule has 0 aliphatic rings. The molecule has 0 spiro atoms. The quantitative estimate of drug-likeness (QED) is 0.828. The van der Waals surface area contributed by atoms with Crippen LogP contribution in [0.2, 0.25) is 0 Å². The fourth-order valence-corrected chi connectivity index (χ4v) is 1.39. The standard InChI is InChI=1S/C11H13N5O2/c1-7-5-9(15-11(12-2)14-7)10(17)13-6-8-3-4-18-16-8/h3-5H,6H2,1-2H3,(H,13,17)(H,12,14,15). The van der Waals surface area contributed by atoms with Crippen molar-refractivity contribution in [2.45, 2.75) is 13.5 Å². The van der Waals surface area contributed by atoms with Gasteiger partial charge in [0.2, 0.25) is 5.95 Å². The summed E-state index contributed by atoms with van der Waals surface area (Å²) < 4.78 is 4.67. The van der Waals surface area contributed by atoms with Crippen LogP contribution >= 0.6 is 0 Å². The number of aromatic nitrogens is 3. The van der Waals surface area contributed by atoms with Gasteiger partial charge in [-0.3, -0.25) is 4.79 Å². The summed E-state index contributed by atoms with van der Waals surface area (Å²) in [5.41, 5.74) is 1.69. The van der Waals surface area contributed by atoms with Gasteiger partial charge < -0.3 is 15.2 Å². The minimum absolute atomic E-state index is 0.278. The molecule has 1 amide bonds. The molecule has 0 aliphatic heterocycles. The van der Waals surface area contributed by atoms with E-state index >= 15 is 0 Å². The number of hydrogen-bond acceptors (Lipinski definition) is 6. The van der Waals surface area contributed by atoms with E-state index in [0.29, 0.717) is 23.9 Å². The third kappa shape index (κ3) is 2.82. The van der Waals surface area contributed by atoms with Gasteiger partial charge in [-0.05, 0) is 13.0 Å². The van der Waals surface area contributed by atoms with Gasteiger partial charge >= 0.3 is 0 Å². The molecule has 2 rings (SSSR count). The smallest absolute Gasteiger partial charge is 0.270 e. The molecule has 0 radical (unpaired) electrons. The highest BCUT2D eigenvalue weighted by Crippen LogP contribution is 2.04. The predicted molar refractivity (Wildman–Crippen MR) is 64.0 cm³/mol.